The zero-order valence-electron chi connectivity index (χ0n) is 7.69. The van der Waals surface area contributed by atoms with Gasteiger partial charge in [-0.2, -0.15) is 0 Å². The van der Waals surface area contributed by atoms with Crippen LogP contribution in [0.1, 0.15) is 29.7 Å². The number of benzene rings is 1. The van der Waals surface area contributed by atoms with Gasteiger partial charge in [0.25, 0.3) is 0 Å². The molecule has 0 saturated carbocycles. The minimum absolute atomic E-state index is 0.0966. The van der Waals surface area contributed by atoms with Gasteiger partial charge in [-0.15, -0.1) is 0 Å². The summed E-state index contributed by atoms with van der Waals surface area (Å²) < 4.78 is 13.1. The molecule has 0 aliphatic carbocycles. The van der Waals surface area contributed by atoms with Crippen LogP contribution in [0.15, 0.2) is 12.1 Å². The van der Waals surface area contributed by atoms with Crippen LogP contribution in [-0.2, 0) is 0 Å². The highest BCUT2D eigenvalue weighted by molar-refractivity contribution is 5.36. The molecule has 66 valence electrons. The van der Waals surface area contributed by atoms with Gasteiger partial charge in [0.1, 0.15) is 5.82 Å². The highest BCUT2D eigenvalue weighted by Gasteiger charge is 2.09. The van der Waals surface area contributed by atoms with E-state index in [9.17, 15) is 4.39 Å². The normalized spacial score (nSPS) is 13.1. The number of hydrogen-bond acceptors (Lipinski definition) is 1. The van der Waals surface area contributed by atoms with Crippen LogP contribution in [0, 0.1) is 19.7 Å². The Balaban J connectivity index is 3.33. The minimum atomic E-state index is -0.173. The Morgan fingerprint density at radius 1 is 1.33 bits per heavy atom. The number of hydrogen-bond donors (Lipinski definition) is 1. The third-order valence-electron chi connectivity index (χ3n) is 2.12. The van der Waals surface area contributed by atoms with Crippen LogP contribution in [0.3, 0.4) is 0 Å². The largest absolute Gasteiger partial charge is 0.324 e. The summed E-state index contributed by atoms with van der Waals surface area (Å²) in [7, 11) is 0. The summed E-state index contributed by atoms with van der Waals surface area (Å²) in [5.41, 5.74) is 8.37. The van der Waals surface area contributed by atoms with Gasteiger partial charge in [0.05, 0.1) is 0 Å². The van der Waals surface area contributed by atoms with Crippen LogP contribution < -0.4 is 5.73 Å². The summed E-state index contributed by atoms with van der Waals surface area (Å²) in [6, 6.07) is 3.15. The molecule has 1 aromatic carbocycles. The molecule has 1 nitrogen and oxygen atoms in total. The predicted molar refractivity (Wildman–Crippen MR) is 48.5 cm³/mol. The lowest BCUT2D eigenvalue weighted by molar-refractivity contribution is 0.610. The summed E-state index contributed by atoms with van der Waals surface area (Å²) in [5.74, 6) is -0.173. The molecular weight excluding hydrogens is 153 g/mol. The van der Waals surface area contributed by atoms with Crippen molar-refractivity contribution in [3.05, 3.63) is 34.6 Å². The van der Waals surface area contributed by atoms with Crippen LogP contribution in [0.4, 0.5) is 4.39 Å². The fourth-order valence-electron chi connectivity index (χ4n) is 1.54. The van der Waals surface area contributed by atoms with Crippen molar-refractivity contribution >= 4 is 0 Å². The summed E-state index contributed by atoms with van der Waals surface area (Å²) in [6.45, 7) is 5.58. The maximum Gasteiger partial charge on any atom is 0.126 e. The van der Waals surface area contributed by atoms with E-state index in [0.29, 0.717) is 5.56 Å². The average Bonchev–Trinajstić information content (AvgIpc) is 1.97. The van der Waals surface area contributed by atoms with Gasteiger partial charge in [0.2, 0.25) is 0 Å². The molecule has 2 heteroatoms. The highest BCUT2D eigenvalue weighted by atomic mass is 19.1. The van der Waals surface area contributed by atoms with Crippen LogP contribution in [-0.4, -0.2) is 0 Å². The van der Waals surface area contributed by atoms with E-state index in [4.69, 9.17) is 5.73 Å². The maximum atomic E-state index is 13.1. The van der Waals surface area contributed by atoms with Crippen molar-refractivity contribution < 1.29 is 4.39 Å². The van der Waals surface area contributed by atoms with Crippen LogP contribution in [0.5, 0.6) is 0 Å². The second-order valence-corrected chi connectivity index (χ2v) is 3.19. The Morgan fingerprint density at radius 2 is 1.92 bits per heavy atom. The quantitative estimate of drug-likeness (QED) is 0.683. The summed E-state index contributed by atoms with van der Waals surface area (Å²) in [4.78, 5) is 0. The Labute approximate surface area is 72.4 Å². The molecule has 0 aliphatic heterocycles. The van der Waals surface area contributed by atoms with Gasteiger partial charge in [0.15, 0.2) is 0 Å². The second kappa shape index (κ2) is 3.23. The van der Waals surface area contributed by atoms with Gasteiger partial charge in [-0.25, -0.2) is 4.39 Å². The van der Waals surface area contributed by atoms with E-state index in [1.807, 2.05) is 13.8 Å². The number of aryl methyl sites for hydroxylation is 1. The number of halogens is 1. The van der Waals surface area contributed by atoms with Gasteiger partial charge < -0.3 is 5.73 Å². The molecule has 12 heavy (non-hydrogen) atoms. The molecule has 0 saturated heterocycles. The predicted octanol–water partition coefficient (Wildman–Crippen LogP) is 2.46. The van der Waals surface area contributed by atoms with Crippen molar-refractivity contribution in [3.8, 4) is 0 Å². The van der Waals surface area contributed by atoms with E-state index >= 15 is 0 Å². The zero-order valence-corrected chi connectivity index (χ0v) is 7.69. The second-order valence-electron chi connectivity index (χ2n) is 3.19. The molecule has 2 N–H and O–H groups in total. The zero-order chi connectivity index (χ0) is 9.30. The van der Waals surface area contributed by atoms with Gasteiger partial charge in [-0.3, -0.25) is 0 Å². The first kappa shape index (κ1) is 9.20. The van der Waals surface area contributed by atoms with E-state index in [1.54, 1.807) is 13.0 Å². The molecular formula is C10H14FN. The van der Waals surface area contributed by atoms with E-state index in [1.165, 1.54) is 6.07 Å². The molecule has 0 amide bonds. The van der Waals surface area contributed by atoms with Crippen molar-refractivity contribution in [1.29, 1.82) is 0 Å². The van der Waals surface area contributed by atoms with Crippen molar-refractivity contribution in [2.24, 2.45) is 5.73 Å². The minimum Gasteiger partial charge on any atom is -0.324 e. The SMILES string of the molecule is Cc1ccc(F)c(C)c1C(C)N. The van der Waals surface area contributed by atoms with E-state index in [-0.39, 0.29) is 11.9 Å². The molecule has 1 aromatic rings. The van der Waals surface area contributed by atoms with Crippen LogP contribution >= 0.6 is 0 Å². The van der Waals surface area contributed by atoms with Crippen LogP contribution in [0.25, 0.3) is 0 Å². The third kappa shape index (κ3) is 1.48. The van der Waals surface area contributed by atoms with Crippen molar-refractivity contribution in [3.63, 3.8) is 0 Å². The van der Waals surface area contributed by atoms with Crippen LogP contribution in [0.2, 0.25) is 0 Å². The highest BCUT2D eigenvalue weighted by Crippen LogP contribution is 2.21. The molecule has 0 radical (unpaired) electrons. The Hall–Kier alpha value is -0.890. The summed E-state index contributed by atoms with van der Waals surface area (Å²) in [6.07, 6.45) is 0. The monoisotopic (exact) mass is 167 g/mol. The fraction of sp³-hybridized carbons (Fsp3) is 0.400. The lowest BCUT2D eigenvalue weighted by Crippen LogP contribution is -2.10. The van der Waals surface area contributed by atoms with Crippen molar-refractivity contribution in [2.75, 3.05) is 0 Å². The lowest BCUT2D eigenvalue weighted by Gasteiger charge is -2.13. The molecule has 0 bridgehead atoms. The van der Waals surface area contributed by atoms with E-state index in [0.717, 1.165) is 11.1 Å². The van der Waals surface area contributed by atoms with Gasteiger partial charge in [0, 0.05) is 6.04 Å². The molecule has 0 heterocycles. The first-order chi connectivity index (χ1) is 5.54. The topological polar surface area (TPSA) is 26.0 Å². The Bertz CT molecular complexity index is 292. The molecule has 0 spiro atoms. The van der Waals surface area contributed by atoms with Gasteiger partial charge in [-0.05, 0) is 43.5 Å². The fourth-order valence-corrected chi connectivity index (χ4v) is 1.54. The lowest BCUT2D eigenvalue weighted by atomic mass is 9.97. The Kier molecular flexibility index (Phi) is 2.48. The summed E-state index contributed by atoms with van der Waals surface area (Å²) >= 11 is 0. The maximum absolute atomic E-state index is 13.1. The standard InChI is InChI=1S/C10H14FN/c1-6-4-5-9(11)7(2)10(6)8(3)12/h4-5,8H,12H2,1-3H3. The molecule has 1 rings (SSSR count). The summed E-state index contributed by atoms with van der Waals surface area (Å²) in [5, 5.41) is 0. The van der Waals surface area contributed by atoms with Gasteiger partial charge >= 0.3 is 0 Å². The molecule has 0 aliphatic rings. The third-order valence-corrected chi connectivity index (χ3v) is 2.12. The first-order valence-electron chi connectivity index (χ1n) is 4.05. The van der Waals surface area contributed by atoms with Gasteiger partial charge in [-0.1, -0.05) is 6.07 Å². The molecule has 0 fully saturated rings. The van der Waals surface area contributed by atoms with Crippen molar-refractivity contribution in [1.82, 2.24) is 0 Å². The smallest absolute Gasteiger partial charge is 0.126 e. The van der Waals surface area contributed by atoms with Crippen molar-refractivity contribution in [2.45, 2.75) is 26.8 Å². The van der Waals surface area contributed by atoms with E-state index in [2.05, 4.69) is 0 Å². The molecule has 0 aromatic heterocycles. The van der Waals surface area contributed by atoms with E-state index < -0.39 is 0 Å². The average molecular weight is 167 g/mol. The molecule has 1 atom stereocenters. The number of rotatable bonds is 1. The molecule has 1 unspecified atom stereocenters. The number of nitrogens with two attached hydrogens (primary N) is 1. The Morgan fingerprint density at radius 3 is 2.33 bits per heavy atom. The first-order valence-corrected chi connectivity index (χ1v) is 4.05.